The summed E-state index contributed by atoms with van der Waals surface area (Å²) in [4.78, 5) is 28.6. The highest BCUT2D eigenvalue weighted by Gasteiger charge is 2.56. The number of pyridine rings is 1. The predicted octanol–water partition coefficient (Wildman–Crippen LogP) is 5.16. The molecule has 1 aromatic heterocycles. The molecule has 2 aromatic carbocycles. The molecule has 1 amide bonds. The van der Waals surface area contributed by atoms with Gasteiger partial charge in [-0.1, -0.05) is 13.8 Å². The third kappa shape index (κ3) is 6.19. The lowest BCUT2D eigenvalue weighted by molar-refractivity contribution is -0.142. The van der Waals surface area contributed by atoms with Crippen LogP contribution in [0.3, 0.4) is 0 Å². The maximum Gasteiger partial charge on any atom is 0.225 e. The minimum atomic E-state index is -0.307. The summed E-state index contributed by atoms with van der Waals surface area (Å²) in [5.41, 5.74) is 12.0. The Hall–Kier alpha value is -4.22. The molecule has 280 valence electrons. The van der Waals surface area contributed by atoms with E-state index < -0.39 is 0 Å². The number of carbonyl (C=O) groups excluding carboxylic acids is 1. The number of nitrogens with two attached hydrogens (primary N) is 1. The van der Waals surface area contributed by atoms with Gasteiger partial charge in [-0.25, -0.2) is 4.98 Å². The van der Waals surface area contributed by atoms with Crippen LogP contribution in [0.5, 0.6) is 23.0 Å². The van der Waals surface area contributed by atoms with Crippen molar-refractivity contribution in [2.45, 2.75) is 57.5 Å². The van der Waals surface area contributed by atoms with Crippen LogP contribution in [-0.2, 0) is 23.2 Å². The summed E-state index contributed by atoms with van der Waals surface area (Å²) in [5.74, 6) is 3.88. The molecule has 3 aliphatic heterocycles. The molecule has 1 aliphatic carbocycles. The lowest BCUT2D eigenvalue weighted by Gasteiger charge is -2.60. The number of nitrogen functional groups attached to an aromatic ring is 1. The Morgan fingerprint density at radius 2 is 1.48 bits per heavy atom. The lowest BCUT2D eigenvalue weighted by atomic mass is 9.58. The van der Waals surface area contributed by atoms with E-state index in [0.717, 1.165) is 100 Å². The highest BCUT2D eigenvalue weighted by molar-refractivity contribution is 5.79. The number of piperazine rings is 1. The van der Waals surface area contributed by atoms with Crippen molar-refractivity contribution in [1.29, 1.82) is 0 Å². The number of methoxy groups -OCH3 is 4. The second-order valence-electron chi connectivity index (χ2n) is 14.7. The van der Waals surface area contributed by atoms with Gasteiger partial charge in [0.05, 0.1) is 34.0 Å². The average molecular weight is 713 g/mol. The molecule has 4 atom stereocenters. The fourth-order valence-corrected chi connectivity index (χ4v) is 10.1. The fourth-order valence-electron chi connectivity index (χ4n) is 10.1. The number of amides is 1. The van der Waals surface area contributed by atoms with Crippen LogP contribution in [0, 0.1) is 11.8 Å². The molecule has 1 saturated heterocycles. The topological polar surface area (TPSA) is 106 Å². The smallest absolute Gasteiger partial charge is 0.225 e. The summed E-state index contributed by atoms with van der Waals surface area (Å²) in [6.45, 7) is 11.2. The second-order valence-corrected chi connectivity index (χ2v) is 14.7. The van der Waals surface area contributed by atoms with Gasteiger partial charge in [0.2, 0.25) is 5.91 Å². The predicted molar refractivity (Wildman–Crippen MR) is 204 cm³/mol. The van der Waals surface area contributed by atoms with Gasteiger partial charge >= 0.3 is 0 Å². The third-order valence-corrected chi connectivity index (χ3v) is 12.6. The van der Waals surface area contributed by atoms with E-state index >= 15 is 0 Å². The Morgan fingerprint density at radius 1 is 0.827 bits per heavy atom. The van der Waals surface area contributed by atoms with Crippen molar-refractivity contribution in [2.24, 2.45) is 11.8 Å². The first kappa shape index (κ1) is 36.2. The van der Waals surface area contributed by atoms with Gasteiger partial charge in [-0.2, -0.15) is 0 Å². The molecule has 4 aliphatic rings. The molecule has 3 aromatic rings. The second kappa shape index (κ2) is 15.0. The largest absolute Gasteiger partial charge is 0.493 e. The Balaban J connectivity index is 1.31. The van der Waals surface area contributed by atoms with E-state index in [-0.39, 0.29) is 29.3 Å². The molecule has 4 heterocycles. The lowest BCUT2D eigenvalue weighted by Crippen LogP contribution is -2.61. The van der Waals surface area contributed by atoms with Crippen LogP contribution in [0.25, 0.3) is 0 Å². The normalized spacial score (nSPS) is 25.0. The molecule has 2 N–H and O–H groups in total. The average Bonchev–Trinajstić information content (AvgIpc) is 3.19. The first-order valence-electron chi connectivity index (χ1n) is 19.0. The van der Waals surface area contributed by atoms with Gasteiger partial charge in [-0.05, 0) is 97.8 Å². The molecular formula is C41H56N6O5. The van der Waals surface area contributed by atoms with Crippen LogP contribution in [0.1, 0.15) is 61.4 Å². The van der Waals surface area contributed by atoms with E-state index in [2.05, 4.69) is 62.7 Å². The van der Waals surface area contributed by atoms with E-state index in [9.17, 15) is 4.79 Å². The zero-order valence-corrected chi connectivity index (χ0v) is 31.8. The van der Waals surface area contributed by atoms with E-state index in [1.165, 1.54) is 22.3 Å². The molecule has 1 unspecified atom stereocenters. The highest BCUT2D eigenvalue weighted by atomic mass is 16.5. The maximum atomic E-state index is 14.7. The van der Waals surface area contributed by atoms with Gasteiger partial charge in [0, 0.05) is 75.1 Å². The minimum Gasteiger partial charge on any atom is -0.493 e. The molecule has 1 saturated carbocycles. The zero-order chi connectivity index (χ0) is 36.6. The first-order chi connectivity index (χ1) is 25.3. The number of hydrogen-bond acceptors (Lipinski definition) is 10. The third-order valence-electron chi connectivity index (χ3n) is 12.6. The molecule has 11 nitrogen and oxygen atoms in total. The number of rotatable bonds is 9. The SMILES string of the molecule is CCN1CCc2cc(OC)c(OC)cc2C1[C@H]1C[C@H](C(=O)N2CCN(c3ccnc(N)c3)CC2)CC[C@]12c1cc(OC)c(OC)cc1CCN2CC. The van der Waals surface area contributed by atoms with Gasteiger partial charge in [0.25, 0.3) is 0 Å². The number of likely N-dealkylation sites (N-methyl/N-ethyl adjacent to an activating group) is 2. The number of hydrogen-bond donors (Lipinski definition) is 1. The molecule has 0 bridgehead atoms. The Morgan fingerprint density at radius 3 is 2.13 bits per heavy atom. The van der Waals surface area contributed by atoms with Crippen molar-refractivity contribution in [3.05, 3.63) is 64.8 Å². The number of aromatic nitrogens is 1. The monoisotopic (exact) mass is 712 g/mol. The van der Waals surface area contributed by atoms with Gasteiger partial charge in [-0.3, -0.25) is 14.6 Å². The standard InChI is InChI=1S/C41H56N6O5/c1-7-44-15-11-27-22-34(49-3)36(51-5)25-31(27)39(44)33-21-29(40(48)46-19-17-45(18-20-46)30-10-14-43-38(42)24-30)9-13-41(33)32-26-37(52-6)35(50-4)23-28(32)12-16-47(41)8-2/h10,14,22-26,29,33,39H,7-9,11-13,15-21H2,1-6H3,(H2,42,43)/t29-,33-,39?,41+/m1/s1. The van der Waals surface area contributed by atoms with Gasteiger partial charge in [0.1, 0.15) is 5.82 Å². The maximum absolute atomic E-state index is 14.7. The zero-order valence-electron chi connectivity index (χ0n) is 31.8. The summed E-state index contributed by atoms with van der Waals surface area (Å²) < 4.78 is 23.5. The van der Waals surface area contributed by atoms with Crippen LogP contribution < -0.4 is 29.6 Å². The van der Waals surface area contributed by atoms with Gasteiger partial charge in [0.15, 0.2) is 23.0 Å². The van der Waals surface area contributed by atoms with Crippen molar-refractivity contribution in [1.82, 2.24) is 19.7 Å². The van der Waals surface area contributed by atoms with E-state index in [4.69, 9.17) is 24.7 Å². The molecular weight excluding hydrogens is 656 g/mol. The molecule has 52 heavy (non-hydrogen) atoms. The van der Waals surface area contributed by atoms with Crippen molar-refractivity contribution in [2.75, 3.05) is 91.4 Å². The molecule has 1 spiro atoms. The molecule has 2 fully saturated rings. The quantitative estimate of drug-likeness (QED) is 0.320. The number of fused-ring (bicyclic) bond motifs is 3. The van der Waals surface area contributed by atoms with E-state index in [0.29, 0.717) is 18.9 Å². The summed E-state index contributed by atoms with van der Waals surface area (Å²) in [5, 5.41) is 0. The van der Waals surface area contributed by atoms with Crippen LogP contribution in [0.4, 0.5) is 11.5 Å². The number of ether oxygens (including phenoxy) is 4. The van der Waals surface area contributed by atoms with Crippen molar-refractivity contribution in [3.63, 3.8) is 0 Å². The van der Waals surface area contributed by atoms with Gasteiger partial charge < -0.3 is 34.5 Å². The van der Waals surface area contributed by atoms with E-state index in [1.807, 2.05) is 12.1 Å². The van der Waals surface area contributed by atoms with Crippen LogP contribution in [0.15, 0.2) is 42.6 Å². The van der Waals surface area contributed by atoms with Gasteiger partial charge in [-0.15, -0.1) is 0 Å². The fraction of sp³-hybridized carbons (Fsp3) is 0.561. The van der Waals surface area contributed by atoms with Crippen LogP contribution in [-0.4, -0.2) is 106 Å². The summed E-state index contributed by atoms with van der Waals surface area (Å²) in [6, 6.07) is 12.9. The minimum absolute atomic E-state index is 0.0752. The number of benzene rings is 2. The first-order valence-corrected chi connectivity index (χ1v) is 19.0. The Labute approximate surface area is 308 Å². The molecule has 7 rings (SSSR count). The highest BCUT2D eigenvalue weighted by Crippen LogP contribution is 2.59. The van der Waals surface area contributed by atoms with Crippen molar-refractivity contribution >= 4 is 17.4 Å². The summed E-state index contributed by atoms with van der Waals surface area (Å²) in [6.07, 6.45) is 6.14. The number of nitrogens with zero attached hydrogens (tertiary/aromatic N) is 5. The van der Waals surface area contributed by atoms with Crippen molar-refractivity contribution < 1.29 is 23.7 Å². The Bertz CT molecular complexity index is 1760. The van der Waals surface area contributed by atoms with E-state index in [1.54, 1.807) is 34.6 Å². The van der Waals surface area contributed by atoms with Crippen LogP contribution >= 0.6 is 0 Å². The molecule has 0 radical (unpaired) electrons. The summed E-state index contributed by atoms with van der Waals surface area (Å²) >= 11 is 0. The Kier molecular flexibility index (Phi) is 10.4. The van der Waals surface area contributed by atoms with Crippen LogP contribution in [0.2, 0.25) is 0 Å². The number of carbonyl (C=O) groups is 1. The van der Waals surface area contributed by atoms with Crippen molar-refractivity contribution in [3.8, 4) is 23.0 Å². The molecule has 11 heteroatoms. The number of anilines is 2. The summed E-state index contributed by atoms with van der Waals surface area (Å²) in [7, 11) is 6.87.